The molecule has 0 radical (unpaired) electrons. The molecule has 58 valence electrons. The normalized spacial score (nSPS) is 16.7. The molecule has 0 spiro atoms. The maximum Gasteiger partial charge on any atom is 0.248 e. The maximum absolute atomic E-state index is 10.6. The minimum absolute atomic E-state index is 0.234. The summed E-state index contributed by atoms with van der Waals surface area (Å²) in [5.74, 6) is -0.246. The number of aliphatic hydroxyl groups excluding tert-OH is 1. The van der Waals surface area contributed by atoms with Crippen LogP contribution in [0.2, 0.25) is 0 Å². The molecule has 1 rings (SSSR count). The van der Waals surface area contributed by atoms with Gasteiger partial charge in [0.25, 0.3) is 0 Å². The molecule has 0 saturated heterocycles. The van der Waals surface area contributed by atoms with Gasteiger partial charge in [-0.25, -0.2) is 0 Å². The van der Waals surface area contributed by atoms with Gasteiger partial charge in [-0.2, -0.15) is 0 Å². The zero-order chi connectivity index (χ0) is 8.27. The summed E-state index contributed by atoms with van der Waals surface area (Å²) in [6.45, 7) is 0. The Bertz CT molecular complexity index is 261. The SMILES string of the molecule is NC(=O)C1=CC=C(O)CC=C1. The highest BCUT2D eigenvalue weighted by Gasteiger charge is 2.01. The molecule has 3 nitrogen and oxygen atoms in total. The van der Waals surface area contributed by atoms with Crippen molar-refractivity contribution in [2.45, 2.75) is 6.42 Å². The fourth-order valence-corrected chi connectivity index (χ4v) is 0.780. The van der Waals surface area contributed by atoms with Crippen molar-refractivity contribution >= 4 is 5.91 Å². The van der Waals surface area contributed by atoms with Gasteiger partial charge in [-0.05, 0) is 12.2 Å². The Balaban J connectivity index is 2.89. The number of hydrogen-bond donors (Lipinski definition) is 2. The van der Waals surface area contributed by atoms with E-state index < -0.39 is 5.91 Å². The molecule has 0 aromatic rings. The molecule has 0 unspecified atom stereocenters. The van der Waals surface area contributed by atoms with Crippen LogP contribution in [-0.2, 0) is 4.79 Å². The van der Waals surface area contributed by atoms with E-state index in [9.17, 15) is 4.79 Å². The molecule has 0 saturated carbocycles. The Kier molecular flexibility index (Phi) is 2.11. The Morgan fingerprint density at radius 1 is 1.55 bits per heavy atom. The molecule has 3 N–H and O–H groups in total. The van der Waals surface area contributed by atoms with E-state index in [0.717, 1.165) is 0 Å². The lowest BCUT2D eigenvalue weighted by Crippen LogP contribution is -2.11. The average molecular weight is 151 g/mol. The first-order chi connectivity index (χ1) is 5.20. The second-order valence-electron chi connectivity index (χ2n) is 2.25. The minimum Gasteiger partial charge on any atom is -0.512 e. The van der Waals surface area contributed by atoms with E-state index in [4.69, 9.17) is 10.8 Å². The predicted molar refractivity (Wildman–Crippen MR) is 41.7 cm³/mol. The Hall–Kier alpha value is -1.51. The second-order valence-corrected chi connectivity index (χ2v) is 2.25. The van der Waals surface area contributed by atoms with E-state index in [1.54, 1.807) is 12.2 Å². The molecule has 0 heterocycles. The third-order valence-electron chi connectivity index (χ3n) is 1.36. The van der Waals surface area contributed by atoms with E-state index in [1.807, 2.05) is 0 Å². The minimum atomic E-state index is -0.479. The lowest BCUT2D eigenvalue weighted by molar-refractivity contribution is -0.114. The molecule has 3 heteroatoms. The molecule has 0 aromatic heterocycles. The van der Waals surface area contributed by atoms with Gasteiger partial charge in [-0.3, -0.25) is 4.79 Å². The van der Waals surface area contributed by atoms with Crippen LogP contribution in [0.5, 0.6) is 0 Å². The van der Waals surface area contributed by atoms with Crippen molar-refractivity contribution in [2.75, 3.05) is 0 Å². The van der Waals surface area contributed by atoms with Crippen LogP contribution in [0.4, 0.5) is 0 Å². The Labute approximate surface area is 64.5 Å². The molecular weight excluding hydrogens is 142 g/mol. The first kappa shape index (κ1) is 7.60. The zero-order valence-electron chi connectivity index (χ0n) is 5.95. The molecule has 0 fully saturated rings. The third kappa shape index (κ3) is 1.97. The number of primary amides is 1. The molecule has 0 aliphatic heterocycles. The summed E-state index contributed by atoms with van der Waals surface area (Å²) < 4.78 is 0. The topological polar surface area (TPSA) is 63.3 Å². The van der Waals surface area contributed by atoms with Crippen molar-refractivity contribution < 1.29 is 9.90 Å². The maximum atomic E-state index is 10.6. The van der Waals surface area contributed by atoms with Gasteiger partial charge in [0.05, 0.1) is 5.76 Å². The summed E-state index contributed by atoms with van der Waals surface area (Å²) in [6, 6.07) is 0. The number of aliphatic hydroxyl groups is 1. The molecule has 0 aromatic carbocycles. The summed E-state index contributed by atoms with van der Waals surface area (Å²) in [4.78, 5) is 10.6. The van der Waals surface area contributed by atoms with Gasteiger partial charge >= 0.3 is 0 Å². The van der Waals surface area contributed by atoms with Gasteiger partial charge in [0.15, 0.2) is 0 Å². The highest BCUT2D eigenvalue weighted by Crippen LogP contribution is 2.07. The van der Waals surface area contributed by atoms with Gasteiger partial charge in [0.1, 0.15) is 0 Å². The van der Waals surface area contributed by atoms with Crippen LogP contribution in [0.25, 0.3) is 0 Å². The highest BCUT2D eigenvalue weighted by molar-refractivity contribution is 5.95. The standard InChI is InChI=1S/C8H9NO2/c9-8(11)6-2-1-3-7(10)5-4-6/h1-2,4-5,10H,3H2,(H2,9,11). The van der Waals surface area contributed by atoms with E-state index >= 15 is 0 Å². The van der Waals surface area contributed by atoms with Gasteiger partial charge in [-0.1, -0.05) is 12.2 Å². The first-order valence-electron chi connectivity index (χ1n) is 3.26. The number of hydrogen-bond acceptors (Lipinski definition) is 2. The van der Waals surface area contributed by atoms with Crippen LogP contribution < -0.4 is 5.73 Å². The average Bonchev–Trinajstić information content (AvgIpc) is 2.13. The van der Waals surface area contributed by atoms with Crippen molar-refractivity contribution in [1.29, 1.82) is 0 Å². The lowest BCUT2D eigenvalue weighted by Gasteiger charge is -1.89. The molecule has 0 atom stereocenters. The number of nitrogens with two attached hydrogens (primary N) is 1. The Morgan fingerprint density at radius 3 is 2.91 bits per heavy atom. The number of allylic oxidation sites excluding steroid dienone is 3. The van der Waals surface area contributed by atoms with Crippen LogP contribution in [0.1, 0.15) is 6.42 Å². The van der Waals surface area contributed by atoms with E-state index in [-0.39, 0.29) is 5.76 Å². The smallest absolute Gasteiger partial charge is 0.248 e. The molecule has 1 aliphatic carbocycles. The molecule has 11 heavy (non-hydrogen) atoms. The quantitative estimate of drug-likeness (QED) is 0.582. The van der Waals surface area contributed by atoms with E-state index in [2.05, 4.69) is 0 Å². The van der Waals surface area contributed by atoms with Crippen molar-refractivity contribution in [3.05, 3.63) is 35.6 Å². The fraction of sp³-hybridized carbons (Fsp3) is 0.125. The van der Waals surface area contributed by atoms with Gasteiger partial charge in [0.2, 0.25) is 5.91 Å². The summed E-state index contributed by atoms with van der Waals surface area (Å²) in [5.41, 5.74) is 5.42. The Morgan fingerprint density at radius 2 is 2.27 bits per heavy atom. The monoisotopic (exact) mass is 151 g/mol. The number of rotatable bonds is 1. The zero-order valence-corrected chi connectivity index (χ0v) is 5.95. The predicted octanol–water partition coefficient (Wildman–Crippen LogP) is 0.800. The third-order valence-corrected chi connectivity index (χ3v) is 1.36. The molecular formula is C8H9NO2. The fourth-order valence-electron chi connectivity index (χ4n) is 0.780. The van der Waals surface area contributed by atoms with Crippen LogP contribution in [-0.4, -0.2) is 11.0 Å². The van der Waals surface area contributed by atoms with Gasteiger partial charge in [-0.15, -0.1) is 0 Å². The van der Waals surface area contributed by atoms with Crippen LogP contribution in [0, 0.1) is 0 Å². The number of carbonyl (C=O) groups excluding carboxylic acids is 1. The van der Waals surface area contributed by atoms with Gasteiger partial charge in [0, 0.05) is 12.0 Å². The van der Waals surface area contributed by atoms with Crippen molar-refractivity contribution in [3.63, 3.8) is 0 Å². The summed E-state index contributed by atoms with van der Waals surface area (Å²) in [7, 11) is 0. The summed E-state index contributed by atoms with van der Waals surface area (Å²) in [5, 5.41) is 9.00. The molecule has 0 bridgehead atoms. The molecule has 1 amide bonds. The van der Waals surface area contributed by atoms with Crippen molar-refractivity contribution in [3.8, 4) is 0 Å². The van der Waals surface area contributed by atoms with E-state index in [0.29, 0.717) is 12.0 Å². The largest absolute Gasteiger partial charge is 0.512 e. The van der Waals surface area contributed by atoms with Crippen molar-refractivity contribution in [1.82, 2.24) is 0 Å². The van der Waals surface area contributed by atoms with Gasteiger partial charge < -0.3 is 10.8 Å². The summed E-state index contributed by atoms with van der Waals surface area (Å²) >= 11 is 0. The van der Waals surface area contributed by atoms with Crippen molar-refractivity contribution in [2.24, 2.45) is 5.73 Å². The van der Waals surface area contributed by atoms with Crippen LogP contribution in [0.15, 0.2) is 35.6 Å². The lowest BCUT2D eigenvalue weighted by atomic mass is 10.2. The summed E-state index contributed by atoms with van der Waals surface area (Å²) in [6.07, 6.45) is 6.71. The van der Waals surface area contributed by atoms with Crippen LogP contribution in [0.3, 0.4) is 0 Å². The second kappa shape index (κ2) is 3.05. The highest BCUT2D eigenvalue weighted by atomic mass is 16.3. The van der Waals surface area contributed by atoms with Crippen LogP contribution >= 0.6 is 0 Å². The number of carbonyl (C=O) groups is 1. The molecule has 1 aliphatic rings. The van der Waals surface area contributed by atoms with E-state index in [1.165, 1.54) is 12.2 Å². The first-order valence-corrected chi connectivity index (χ1v) is 3.26. The number of amides is 1.